The van der Waals surface area contributed by atoms with Crippen molar-refractivity contribution in [3.05, 3.63) is 106 Å². The zero-order chi connectivity index (χ0) is 24.5. The summed E-state index contributed by atoms with van der Waals surface area (Å²) in [6, 6.07) is 20.5. The van der Waals surface area contributed by atoms with E-state index in [2.05, 4.69) is 20.3 Å². The molecule has 5 rings (SSSR count). The Balaban J connectivity index is 1.66. The van der Waals surface area contributed by atoms with E-state index in [1.807, 2.05) is 74.5 Å². The minimum Gasteiger partial charge on any atom is -0.368 e. The fourth-order valence-electron chi connectivity index (χ4n) is 4.12. The first-order valence-electron chi connectivity index (χ1n) is 11.1. The molecule has 0 aliphatic carbocycles. The zero-order valence-electron chi connectivity index (χ0n) is 19.2. The maximum Gasteiger partial charge on any atom is 0.264 e. The summed E-state index contributed by atoms with van der Waals surface area (Å²) >= 11 is 6.43. The molecule has 0 aliphatic rings. The number of aryl methyl sites for hydroxylation is 1. The van der Waals surface area contributed by atoms with Crippen LogP contribution in [-0.2, 0) is 0 Å². The van der Waals surface area contributed by atoms with Crippen LogP contribution in [0.4, 0.5) is 11.8 Å². The fraction of sp³-hybridized carbons (Fsp3) is 0.111. The van der Waals surface area contributed by atoms with Gasteiger partial charge in [-0.15, -0.1) is 0 Å². The number of benzene rings is 2. The van der Waals surface area contributed by atoms with E-state index in [4.69, 9.17) is 17.3 Å². The van der Waals surface area contributed by atoms with E-state index in [1.165, 1.54) is 0 Å². The van der Waals surface area contributed by atoms with Gasteiger partial charge in [-0.25, -0.2) is 4.98 Å². The number of fused-ring (bicyclic) bond motifs is 1. The summed E-state index contributed by atoms with van der Waals surface area (Å²) in [4.78, 5) is 26.7. The second kappa shape index (κ2) is 9.19. The highest BCUT2D eigenvalue weighted by molar-refractivity contribution is 6.35. The Morgan fingerprint density at radius 2 is 1.80 bits per heavy atom. The molecule has 3 aromatic heterocycles. The summed E-state index contributed by atoms with van der Waals surface area (Å²) in [6.07, 6.45) is 3.45. The van der Waals surface area contributed by atoms with Crippen molar-refractivity contribution in [3.63, 3.8) is 0 Å². The number of aromatic nitrogens is 4. The van der Waals surface area contributed by atoms with Crippen molar-refractivity contribution >= 4 is 34.1 Å². The zero-order valence-corrected chi connectivity index (χ0v) is 20.0. The molecule has 0 aliphatic heterocycles. The minimum atomic E-state index is -0.322. The van der Waals surface area contributed by atoms with Gasteiger partial charge < -0.3 is 11.1 Å². The molecule has 35 heavy (non-hydrogen) atoms. The average Bonchev–Trinajstić information content (AvgIpc) is 2.85. The molecule has 8 heteroatoms. The van der Waals surface area contributed by atoms with Gasteiger partial charge in [-0.2, -0.15) is 4.98 Å². The average molecular weight is 483 g/mol. The van der Waals surface area contributed by atoms with Crippen LogP contribution in [0.5, 0.6) is 0 Å². The molecule has 3 N–H and O–H groups in total. The number of rotatable bonds is 5. The number of anilines is 2. The Hall–Kier alpha value is -4.23. The lowest BCUT2D eigenvalue weighted by Gasteiger charge is -2.22. The smallest absolute Gasteiger partial charge is 0.264 e. The number of hydrogen-bond acceptors (Lipinski definition) is 6. The number of pyridine rings is 2. The van der Waals surface area contributed by atoms with Crippen LogP contribution in [0, 0.1) is 6.92 Å². The molecule has 0 spiro atoms. The largest absolute Gasteiger partial charge is 0.368 e. The van der Waals surface area contributed by atoms with E-state index in [1.54, 1.807) is 23.0 Å². The molecule has 0 saturated heterocycles. The van der Waals surface area contributed by atoms with Crippen LogP contribution in [0.3, 0.4) is 0 Å². The fourth-order valence-corrected chi connectivity index (χ4v) is 4.39. The lowest BCUT2D eigenvalue weighted by molar-refractivity contribution is 0.773. The van der Waals surface area contributed by atoms with Gasteiger partial charge in [0.05, 0.1) is 16.5 Å². The Kier molecular flexibility index (Phi) is 5.93. The molecule has 0 fully saturated rings. The third-order valence-electron chi connectivity index (χ3n) is 5.87. The summed E-state index contributed by atoms with van der Waals surface area (Å²) in [5, 5.41) is 5.11. The van der Waals surface area contributed by atoms with E-state index in [0.717, 1.165) is 33.6 Å². The SMILES string of the molecule is Cc1ccc(-c2cnc(N)nc2NC(C)c2cc3cccc(Cl)c3c(=O)n2-c2ccccc2)cn1. The highest BCUT2D eigenvalue weighted by Crippen LogP contribution is 2.31. The molecule has 1 atom stereocenters. The summed E-state index contributed by atoms with van der Waals surface area (Å²) in [5.41, 5.74) is 9.77. The first kappa shape index (κ1) is 22.6. The van der Waals surface area contributed by atoms with E-state index >= 15 is 0 Å². The quantitative estimate of drug-likeness (QED) is 0.340. The van der Waals surface area contributed by atoms with Gasteiger partial charge in [0.25, 0.3) is 5.56 Å². The van der Waals surface area contributed by atoms with Gasteiger partial charge in [0.1, 0.15) is 5.82 Å². The van der Waals surface area contributed by atoms with E-state index in [-0.39, 0.29) is 17.5 Å². The Morgan fingerprint density at radius 3 is 2.54 bits per heavy atom. The number of hydrogen-bond donors (Lipinski definition) is 2. The number of para-hydroxylation sites is 1. The maximum absolute atomic E-state index is 13.7. The summed E-state index contributed by atoms with van der Waals surface area (Å²) in [6.45, 7) is 3.90. The van der Waals surface area contributed by atoms with Crippen molar-refractivity contribution < 1.29 is 0 Å². The summed E-state index contributed by atoms with van der Waals surface area (Å²) in [5.74, 6) is 0.697. The van der Waals surface area contributed by atoms with E-state index < -0.39 is 0 Å². The number of nitrogens with two attached hydrogens (primary N) is 1. The topological polar surface area (TPSA) is 98.7 Å². The van der Waals surface area contributed by atoms with Crippen LogP contribution < -0.4 is 16.6 Å². The van der Waals surface area contributed by atoms with Crippen molar-refractivity contribution in [3.8, 4) is 16.8 Å². The maximum atomic E-state index is 13.7. The van der Waals surface area contributed by atoms with Gasteiger partial charge >= 0.3 is 0 Å². The molecule has 0 radical (unpaired) electrons. The molecule has 3 heterocycles. The van der Waals surface area contributed by atoms with Crippen molar-refractivity contribution in [2.24, 2.45) is 0 Å². The second-order valence-electron chi connectivity index (χ2n) is 8.29. The van der Waals surface area contributed by atoms with Crippen molar-refractivity contribution in [1.82, 2.24) is 19.5 Å². The van der Waals surface area contributed by atoms with Crippen molar-refractivity contribution in [2.45, 2.75) is 19.9 Å². The van der Waals surface area contributed by atoms with Crippen LogP contribution in [0.2, 0.25) is 5.02 Å². The molecular weight excluding hydrogens is 460 g/mol. The van der Waals surface area contributed by atoms with Crippen LogP contribution in [-0.4, -0.2) is 19.5 Å². The molecule has 2 aromatic carbocycles. The molecule has 0 saturated carbocycles. The van der Waals surface area contributed by atoms with Gasteiger partial charge in [-0.05, 0) is 49.6 Å². The van der Waals surface area contributed by atoms with Gasteiger partial charge in [0.2, 0.25) is 5.95 Å². The predicted octanol–water partition coefficient (Wildman–Crippen LogP) is 5.56. The third-order valence-corrected chi connectivity index (χ3v) is 6.18. The molecule has 0 amide bonds. The molecule has 5 aromatic rings. The second-order valence-corrected chi connectivity index (χ2v) is 8.70. The van der Waals surface area contributed by atoms with Gasteiger partial charge in [0, 0.05) is 40.6 Å². The molecular formula is C27H23ClN6O. The molecule has 7 nitrogen and oxygen atoms in total. The van der Waals surface area contributed by atoms with Gasteiger partial charge in [-0.3, -0.25) is 14.3 Å². The Labute approximate surface area is 207 Å². The van der Waals surface area contributed by atoms with Crippen LogP contribution >= 0.6 is 11.6 Å². The number of halogens is 1. The third kappa shape index (κ3) is 4.34. The monoisotopic (exact) mass is 482 g/mol. The highest BCUT2D eigenvalue weighted by atomic mass is 35.5. The highest BCUT2D eigenvalue weighted by Gasteiger charge is 2.20. The van der Waals surface area contributed by atoms with Crippen LogP contribution in [0.1, 0.15) is 24.4 Å². The molecule has 0 bridgehead atoms. The first-order chi connectivity index (χ1) is 16.9. The van der Waals surface area contributed by atoms with Crippen LogP contribution in [0.25, 0.3) is 27.6 Å². The molecule has 174 valence electrons. The molecule has 1 unspecified atom stereocenters. The van der Waals surface area contributed by atoms with Gasteiger partial charge in [-0.1, -0.05) is 48.0 Å². The number of nitrogen functional groups attached to an aromatic ring is 1. The van der Waals surface area contributed by atoms with Crippen molar-refractivity contribution in [1.29, 1.82) is 0 Å². The predicted molar refractivity (Wildman–Crippen MR) is 141 cm³/mol. The minimum absolute atomic E-state index is 0.147. The van der Waals surface area contributed by atoms with Gasteiger partial charge in [0.15, 0.2) is 0 Å². The first-order valence-corrected chi connectivity index (χ1v) is 11.5. The summed E-state index contributed by atoms with van der Waals surface area (Å²) in [7, 11) is 0. The van der Waals surface area contributed by atoms with Crippen LogP contribution in [0.15, 0.2) is 83.9 Å². The summed E-state index contributed by atoms with van der Waals surface area (Å²) < 4.78 is 1.68. The number of nitrogens with one attached hydrogen (secondary N) is 1. The normalized spacial score (nSPS) is 12.0. The lowest BCUT2D eigenvalue weighted by atomic mass is 10.1. The van der Waals surface area contributed by atoms with E-state index in [0.29, 0.717) is 16.2 Å². The Bertz CT molecular complexity index is 1580. The lowest BCUT2D eigenvalue weighted by Crippen LogP contribution is -2.26. The number of nitrogens with zero attached hydrogens (tertiary/aromatic N) is 4. The standard InChI is InChI=1S/C27H23ClN6O/c1-16-11-12-19(14-30-16)21-15-31-27(29)33-25(21)32-17(2)23-13-18-7-6-10-22(28)24(18)26(35)34(23)20-8-4-3-5-9-20/h3-15,17H,1-2H3,(H3,29,31,32,33). The van der Waals surface area contributed by atoms with E-state index in [9.17, 15) is 4.79 Å². The Morgan fingerprint density at radius 1 is 1.00 bits per heavy atom. The van der Waals surface area contributed by atoms with Crippen molar-refractivity contribution in [2.75, 3.05) is 11.1 Å².